The van der Waals surface area contributed by atoms with Crippen LogP contribution in [0.25, 0.3) is 0 Å². The summed E-state index contributed by atoms with van der Waals surface area (Å²) in [6.45, 7) is 0.921. The highest BCUT2D eigenvalue weighted by Crippen LogP contribution is 2.15. The summed E-state index contributed by atoms with van der Waals surface area (Å²) in [5.41, 5.74) is 0.834. The number of sulfonamides is 1. The first-order chi connectivity index (χ1) is 9.23. The molecule has 1 aromatic carbocycles. The molecule has 0 aliphatic rings. The van der Waals surface area contributed by atoms with Gasteiger partial charge < -0.3 is 10.0 Å². The predicted octanol–water partition coefficient (Wildman–Crippen LogP) is 0.843. The van der Waals surface area contributed by atoms with E-state index in [-0.39, 0.29) is 11.3 Å². The van der Waals surface area contributed by atoms with Gasteiger partial charge in [0, 0.05) is 27.2 Å². The molecule has 0 aliphatic heterocycles. The average Bonchev–Trinajstić information content (AvgIpc) is 2.36. The fourth-order valence-corrected chi connectivity index (χ4v) is 2.66. The molecule has 0 bridgehead atoms. The van der Waals surface area contributed by atoms with E-state index >= 15 is 0 Å². The van der Waals surface area contributed by atoms with Gasteiger partial charge in [0.1, 0.15) is 0 Å². The summed E-state index contributed by atoms with van der Waals surface area (Å²) in [5, 5.41) is 8.63. The number of carboxylic acids is 1. The van der Waals surface area contributed by atoms with Gasteiger partial charge in [0.25, 0.3) is 0 Å². The number of carboxylic acid groups (broad SMARTS) is 1. The fraction of sp³-hybridized carbons (Fsp3) is 0.462. The van der Waals surface area contributed by atoms with Gasteiger partial charge in [-0.25, -0.2) is 12.7 Å². The molecule has 0 radical (unpaired) electrons. The maximum absolute atomic E-state index is 12.0. The van der Waals surface area contributed by atoms with E-state index in [1.807, 2.05) is 11.0 Å². The highest BCUT2D eigenvalue weighted by Gasteiger charge is 2.17. The van der Waals surface area contributed by atoms with Gasteiger partial charge in [-0.3, -0.25) is 4.79 Å². The zero-order chi connectivity index (χ0) is 15.3. The van der Waals surface area contributed by atoms with E-state index in [2.05, 4.69) is 0 Å². The highest BCUT2D eigenvalue weighted by molar-refractivity contribution is 7.89. The van der Waals surface area contributed by atoms with Crippen LogP contribution in [0.15, 0.2) is 29.2 Å². The Morgan fingerprint density at radius 2 is 1.90 bits per heavy atom. The molecule has 112 valence electrons. The Balaban J connectivity index is 2.81. The average molecular weight is 300 g/mol. The van der Waals surface area contributed by atoms with Crippen LogP contribution in [0, 0.1) is 0 Å². The summed E-state index contributed by atoms with van der Waals surface area (Å²) >= 11 is 0. The van der Waals surface area contributed by atoms with Crippen LogP contribution in [0.4, 0.5) is 0 Å². The lowest BCUT2D eigenvalue weighted by atomic mass is 10.2. The van der Waals surface area contributed by atoms with E-state index in [0.29, 0.717) is 13.1 Å². The molecule has 0 unspecified atom stereocenters. The van der Waals surface area contributed by atoms with Gasteiger partial charge in [0.15, 0.2) is 0 Å². The van der Waals surface area contributed by atoms with Crippen molar-refractivity contribution in [3.63, 3.8) is 0 Å². The SMILES string of the molecule is CN(CCC(=O)O)Cc1cccc(S(=O)(=O)N(C)C)c1. The molecule has 7 heteroatoms. The highest BCUT2D eigenvalue weighted by atomic mass is 32.2. The molecule has 0 fully saturated rings. The number of aliphatic carboxylic acids is 1. The summed E-state index contributed by atoms with van der Waals surface area (Å²) in [7, 11) is 1.34. The van der Waals surface area contributed by atoms with Gasteiger partial charge >= 0.3 is 5.97 Å². The monoisotopic (exact) mass is 300 g/mol. The van der Waals surface area contributed by atoms with Crippen LogP contribution in [0.2, 0.25) is 0 Å². The molecule has 20 heavy (non-hydrogen) atoms. The summed E-state index contributed by atoms with van der Waals surface area (Å²) in [6.07, 6.45) is 0.0617. The first-order valence-corrected chi connectivity index (χ1v) is 7.59. The van der Waals surface area contributed by atoms with Gasteiger partial charge in [-0.15, -0.1) is 0 Å². The lowest BCUT2D eigenvalue weighted by Gasteiger charge is -2.17. The number of carbonyl (C=O) groups is 1. The van der Waals surface area contributed by atoms with Crippen molar-refractivity contribution in [3.8, 4) is 0 Å². The number of hydrogen-bond acceptors (Lipinski definition) is 4. The van der Waals surface area contributed by atoms with Crippen molar-refractivity contribution in [1.29, 1.82) is 0 Å². The van der Waals surface area contributed by atoms with Crippen LogP contribution in [0.5, 0.6) is 0 Å². The molecule has 0 amide bonds. The summed E-state index contributed by atoms with van der Waals surface area (Å²) < 4.78 is 25.2. The molecule has 6 nitrogen and oxygen atoms in total. The van der Waals surface area contributed by atoms with E-state index in [0.717, 1.165) is 5.56 Å². The van der Waals surface area contributed by atoms with Crippen LogP contribution in [-0.2, 0) is 21.4 Å². The lowest BCUT2D eigenvalue weighted by molar-refractivity contribution is -0.137. The number of hydrogen-bond donors (Lipinski definition) is 1. The van der Waals surface area contributed by atoms with Gasteiger partial charge in [-0.05, 0) is 24.7 Å². The Bertz CT molecular complexity index is 569. The maximum Gasteiger partial charge on any atom is 0.304 e. The lowest BCUT2D eigenvalue weighted by Crippen LogP contribution is -2.23. The zero-order valence-corrected chi connectivity index (χ0v) is 12.7. The molecule has 0 aromatic heterocycles. The first-order valence-electron chi connectivity index (χ1n) is 6.15. The molecule has 1 N–H and O–H groups in total. The topological polar surface area (TPSA) is 77.9 Å². The van der Waals surface area contributed by atoms with Crippen molar-refractivity contribution < 1.29 is 18.3 Å². The largest absolute Gasteiger partial charge is 0.481 e. The van der Waals surface area contributed by atoms with Gasteiger partial charge in [-0.2, -0.15) is 0 Å². The van der Waals surface area contributed by atoms with E-state index in [1.165, 1.54) is 18.4 Å². The smallest absolute Gasteiger partial charge is 0.304 e. The standard InChI is InChI=1S/C13H20N2O4S/c1-14(2)20(18,19)12-6-4-5-11(9-12)10-15(3)8-7-13(16)17/h4-6,9H,7-8,10H2,1-3H3,(H,16,17). The summed E-state index contributed by atoms with van der Waals surface area (Å²) in [5.74, 6) is -0.846. The third-order valence-electron chi connectivity index (χ3n) is 2.84. The van der Waals surface area contributed by atoms with Crippen LogP contribution in [-0.4, -0.2) is 56.4 Å². The number of benzene rings is 1. The molecule has 0 heterocycles. The van der Waals surface area contributed by atoms with Crippen LogP contribution in [0.1, 0.15) is 12.0 Å². The fourth-order valence-electron chi connectivity index (χ4n) is 1.69. The summed E-state index contributed by atoms with van der Waals surface area (Å²) in [6, 6.07) is 6.69. The third kappa shape index (κ3) is 4.59. The number of nitrogens with zero attached hydrogens (tertiary/aromatic N) is 2. The van der Waals surface area contributed by atoms with Crippen LogP contribution < -0.4 is 0 Å². The van der Waals surface area contributed by atoms with E-state index in [1.54, 1.807) is 25.2 Å². The normalized spacial score (nSPS) is 12.1. The van der Waals surface area contributed by atoms with E-state index in [9.17, 15) is 13.2 Å². The van der Waals surface area contributed by atoms with Crippen LogP contribution >= 0.6 is 0 Å². The minimum absolute atomic E-state index is 0.0617. The predicted molar refractivity (Wildman–Crippen MR) is 75.9 cm³/mol. The molecule has 0 saturated heterocycles. The van der Waals surface area contributed by atoms with Crippen molar-refractivity contribution in [3.05, 3.63) is 29.8 Å². The third-order valence-corrected chi connectivity index (χ3v) is 4.65. The van der Waals surface area contributed by atoms with E-state index < -0.39 is 16.0 Å². The number of rotatable bonds is 7. The van der Waals surface area contributed by atoms with Gasteiger partial charge in [0.2, 0.25) is 10.0 Å². The van der Waals surface area contributed by atoms with Crippen molar-refractivity contribution >= 4 is 16.0 Å². The van der Waals surface area contributed by atoms with Gasteiger partial charge in [0.05, 0.1) is 11.3 Å². The quantitative estimate of drug-likeness (QED) is 0.807. The molecular weight excluding hydrogens is 280 g/mol. The maximum atomic E-state index is 12.0. The van der Waals surface area contributed by atoms with Crippen LogP contribution in [0.3, 0.4) is 0 Å². The Kier molecular flexibility index (Phi) is 5.67. The Labute approximate surface area is 119 Å². The molecule has 0 spiro atoms. The second kappa shape index (κ2) is 6.83. The van der Waals surface area contributed by atoms with Gasteiger partial charge in [-0.1, -0.05) is 12.1 Å². The second-order valence-corrected chi connectivity index (χ2v) is 6.97. The minimum Gasteiger partial charge on any atom is -0.481 e. The molecule has 1 aromatic rings. The minimum atomic E-state index is -3.44. The Morgan fingerprint density at radius 1 is 1.25 bits per heavy atom. The molecule has 0 saturated carbocycles. The second-order valence-electron chi connectivity index (χ2n) is 4.82. The molecule has 1 rings (SSSR count). The molecular formula is C13H20N2O4S. The zero-order valence-electron chi connectivity index (χ0n) is 11.9. The first kappa shape index (κ1) is 16.6. The Hall–Kier alpha value is -1.44. The molecule has 0 atom stereocenters. The van der Waals surface area contributed by atoms with Crippen molar-refractivity contribution in [1.82, 2.24) is 9.21 Å². The van der Waals surface area contributed by atoms with Crippen molar-refractivity contribution in [2.75, 3.05) is 27.7 Å². The Morgan fingerprint density at radius 3 is 2.45 bits per heavy atom. The summed E-state index contributed by atoms with van der Waals surface area (Å²) in [4.78, 5) is 12.6. The molecule has 0 aliphatic carbocycles. The van der Waals surface area contributed by atoms with E-state index in [4.69, 9.17) is 5.11 Å². The van der Waals surface area contributed by atoms with Crippen molar-refractivity contribution in [2.45, 2.75) is 17.9 Å². The van der Waals surface area contributed by atoms with Crippen molar-refractivity contribution in [2.24, 2.45) is 0 Å².